The number of anilines is 1. The fraction of sp³-hybridized carbons (Fsp3) is 0.647. The van der Waals surface area contributed by atoms with E-state index in [0.717, 1.165) is 23.3 Å². The molecule has 0 radical (unpaired) electrons. The van der Waals surface area contributed by atoms with Crippen LogP contribution in [0.1, 0.15) is 47.0 Å². The summed E-state index contributed by atoms with van der Waals surface area (Å²) in [6.45, 7) is 5.63. The van der Waals surface area contributed by atoms with Gasteiger partial charge in [-0.3, -0.25) is 4.79 Å². The molecule has 1 fully saturated rings. The van der Waals surface area contributed by atoms with Crippen LogP contribution in [-0.4, -0.2) is 41.9 Å². The standard InChI is InChI=1S/C17H23Cl2NO4S/c1-4-23-17(22)15-9(2)10(3)25-16(15)20-14(21)8-24-13-7-11(18)5-6-12(13)19/h11-13H,4-8H2,1-3H3,(H,20,21)/t11?,12-,13+/m0/s1. The molecule has 5 nitrogen and oxygen atoms in total. The number of alkyl halides is 2. The third kappa shape index (κ3) is 5.33. The van der Waals surface area contributed by atoms with Gasteiger partial charge in [0.2, 0.25) is 0 Å². The maximum absolute atomic E-state index is 12.2. The van der Waals surface area contributed by atoms with Gasteiger partial charge in [-0.15, -0.1) is 34.5 Å². The molecule has 0 saturated heterocycles. The first-order valence-electron chi connectivity index (χ1n) is 8.30. The number of hydrogen-bond donors (Lipinski definition) is 1. The van der Waals surface area contributed by atoms with E-state index in [0.29, 0.717) is 17.0 Å². The van der Waals surface area contributed by atoms with Crippen molar-refractivity contribution in [3.63, 3.8) is 0 Å². The van der Waals surface area contributed by atoms with Crippen molar-refractivity contribution in [3.8, 4) is 0 Å². The molecule has 1 heterocycles. The lowest BCUT2D eigenvalue weighted by atomic mass is 9.96. The Labute approximate surface area is 162 Å². The number of hydrogen-bond acceptors (Lipinski definition) is 5. The molecule has 140 valence electrons. The maximum atomic E-state index is 12.2. The van der Waals surface area contributed by atoms with E-state index in [1.807, 2.05) is 13.8 Å². The number of rotatable bonds is 6. The van der Waals surface area contributed by atoms with Gasteiger partial charge in [0.25, 0.3) is 5.91 Å². The Morgan fingerprint density at radius 1 is 1.28 bits per heavy atom. The first kappa shape index (κ1) is 20.5. The lowest BCUT2D eigenvalue weighted by Gasteiger charge is -2.29. The minimum Gasteiger partial charge on any atom is -0.462 e. The number of thiophene rings is 1. The third-order valence-electron chi connectivity index (χ3n) is 4.19. The summed E-state index contributed by atoms with van der Waals surface area (Å²) in [6.07, 6.45) is 2.03. The molecule has 1 aromatic rings. The summed E-state index contributed by atoms with van der Waals surface area (Å²) in [5.74, 6) is -0.758. The van der Waals surface area contributed by atoms with E-state index < -0.39 is 5.97 Å². The smallest absolute Gasteiger partial charge is 0.341 e. The monoisotopic (exact) mass is 407 g/mol. The molecule has 2 rings (SSSR count). The second-order valence-corrected chi connectivity index (χ2v) is 8.43. The van der Waals surface area contributed by atoms with Crippen LogP contribution in [0, 0.1) is 13.8 Å². The van der Waals surface area contributed by atoms with Crippen LogP contribution in [0.4, 0.5) is 5.00 Å². The highest BCUT2D eigenvalue weighted by Crippen LogP contribution is 2.33. The lowest BCUT2D eigenvalue weighted by molar-refractivity contribution is -0.123. The Balaban J connectivity index is 1.98. The molecule has 0 spiro atoms. The number of aryl methyl sites for hydroxylation is 1. The van der Waals surface area contributed by atoms with Crippen molar-refractivity contribution >= 4 is 51.4 Å². The molecule has 3 atom stereocenters. The van der Waals surface area contributed by atoms with E-state index >= 15 is 0 Å². The van der Waals surface area contributed by atoms with E-state index in [1.54, 1.807) is 6.92 Å². The van der Waals surface area contributed by atoms with Crippen molar-refractivity contribution in [1.29, 1.82) is 0 Å². The SMILES string of the molecule is CCOC(=O)c1c(NC(=O)CO[C@@H]2CC(Cl)CC[C@@H]2Cl)sc(C)c1C. The molecule has 1 amide bonds. The fourth-order valence-electron chi connectivity index (χ4n) is 2.73. The molecule has 1 aliphatic rings. The Morgan fingerprint density at radius 2 is 2.00 bits per heavy atom. The normalized spacial score (nSPS) is 23.3. The van der Waals surface area contributed by atoms with Crippen LogP contribution in [0.3, 0.4) is 0 Å². The summed E-state index contributed by atoms with van der Waals surface area (Å²) in [5.41, 5.74) is 1.23. The molecule has 1 N–H and O–H groups in total. The van der Waals surface area contributed by atoms with Gasteiger partial charge in [-0.2, -0.15) is 0 Å². The first-order chi connectivity index (χ1) is 11.8. The molecule has 1 aliphatic carbocycles. The quantitative estimate of drug-likeness (QED) is 0.564. The summed E-state index contributed by atoms with van der Waals surface area (Å²) in [5, 5.41) is 3.14. The minimum atomic E-state index is -0.432. The Bertz CT molecular complexity index is 634. The highest BCUT2D eigenvalue weighted by Gasteiger charge is 2.29. The molecule has 0 aromatic carbocycles. The molecule has 0 bridgehead atoms. The number of esters is 1. The van der Waals surface area contributed by atoms with Gasteiger partial charge in [-0.05, 0) is 45.6 Å². The van der Waals surface area contributed by atoms with Crippen LogP contribution >= 0.6 is 34.5 Å². The lowest BCUT2D eigenvalue weighted by Crippen LogP contribution is -2.35. The zero-order valence-electron chi connectivity index (χ0n) is 14.6. The topological polar surface area (TPSA) is 64.6 Å². The Morgan fingerprint density at radius 3 is 2.68 bits per heavy atom. The molecule has 1 aromatic heterocycles. The third-order valence-corrected chi connectivity index (χ3v) is 6.21. The molecular formula is C17H23Cl2NO4S. The van der Waals surface area contributed by atoms with Crippen molar-refractivity contribution < 1.29 is 19.1 Å². The first-order valence-corrected chi connectivity index (χ1v) is 9.99. The van der Waals surface area contributed by atoms with Crippen LogP contribution in [0.25, 0.3) is 0 Å². The number of ether oxygens (including phenoxy) is 2. The fourth-order valence-corrected chi connectivity index (χ4v) is 4.39. The number of nitrogens with one attached hydrogen (secondary N) is 1. The van der Waals surface area contributed by atoms with Crippen molar-refractivity contribution in [2.45, 2.75) is 56.9 Å². The van der Waals surface area contributed by atoms with Crippen LogP contribution in [0.15, 0.2) is 0 Å². The van der Waals surface area contributed by atoms with E-state index in [2.05, 4.69) is 5.32 Å². The van der Waals surface area contributed by atoms with Crippen molar-refractivity contribution in [2.24, 2.45) is 0 Å². The van der Waals surface area contributed by atoms with E-state index in [9.17, 15) is 9.59 Å². The molecule has 1 unspecified atom stereocenters. The summed E-state index contributed by atoms with van der Waals surface area (Å²) < 4.78 is 10.7. The van der Waals surface area contributed by atoms with Gasteiger partial charge >= 0.3 is 5.97 Å². The van der Waals surface area contributed by atoms with Crippen LogP contribution in [0.2, 0.25) is 0 Å². The molecule has 25 heavy (non-hydrogen) atoms. The molecule has 1 saturated carbocycles. The van der Waals surface area contributed by atoms with Crippen LogP contribution in [-0.2, 0) is 14.3 Å². The van der Waals surface area contributed by atoms with Gasteiger partial charge in [-0.1, -0.05) is 0 Å². The summed E-state index contributed by atoms with van der Waals surface area (Å²) in [6, 6.07) is 0. The highest BCUT2D eigenvalue weighted by atomic mass is 35.5. The van der Waals surface area contributed by atoms with Crippen LogP contribution in [0.5, 0.6) is 0 Å². The maximum Gasteiger partial charge on any atom is 0.341 e. The zero-order chi connectivity index (χ0) is 18.6. The second kappa shape index (κ2) is 9.21. The Hall–Kier alpha value is -0.820. The van der Waals surface area contributed by atoms with Crippen molar-refractivity contribution in [2.75, 3.05) is 18.5 Å². The van der Waals surface area contributed by atoms with Gasteiger partial charge in [0.15, 0.2) is 0 Å². The average molecular weight is 408 g/mol. The van der Waals surface area contributed by atoms with Crippen LogP contribution < -0.4 is 5.32 Å². The number of halogens is 2. The summed E-state index contributed by atoms with van der Waals surface area (Å²) in [4.78, 5) is 25.3. The van der Waals surface area contributed by atoms with E-state index in [4.69, 9.17) is 32.7 Å². The predicted molar refractivity (Wildman–Crippen MR) is 101 cm³/mol. The average Bonchev–Trinajstić information content (AvgIpc) is 2.82. The Kier molecular flexibility index (Phi) is 7.55. The predicted octanol–water partition coefficient (Wildman–Crippen LogP) is 4.26. The van der Waals surface area contributed by atoms with E-state index in [1.165, 1.54) is 11.3 Å². The second-order valence-electron chi connectivity index (χ2n) is 6.03. The minimum absolute atomic E-state index is 0.0288. The van der Waals surface area contributed by atoms with Gasteiger partial charge < -0.3 is 14.8 Å². The summed E-state index contributed by atoms with van der Waals surface area (Å²) in [7, 11) is 0. The largest absolute Gasteiger partial charge is 0.462 e. The van der Waals surface area contributed by atoms with Gasteiger partial charge in [-0.25, -0.2) is 4.79 Å². The van der Waals surface area contributed by atoms with Crippen molar-refractivity contribution in [1.82, 2.24) is 0 Å². The van der Waals surface area contributed by atoms with Gasteiger partial charge in [0, 0.05) is 10.3 Å². The highest BCUT2D eigenvalue weighted by molar-refractivity contribution is 7.16. The number of carbonyl (C=O) groups is 2. The zero-order valence-corrected chi connectivity index (χ0v) is 16.9. The van der Waals surface area contributed by atoms with Gasteiger partial charge in [0.1, 0.15) is 11.6 Å². The molecular weight excluding hydrogens is 385 g/mol. The number of carbonyl (C=O) groups excluding carboxylic acids is 2. The molecule has 8 heteroatoms. The van der Waals surface area contributed by atoms with Gasteiger partial charge in [0.05, 0.1) is 23.7 Å². The molecule has 0 aliphatic heterocycles. The number of amides is 1. The summed E-state index contributed by atoms with van der Waals surface area (Å²) >= 11 is 13.7. The van der Waals surface area contributed by atoms with Crippen molar-refractivity contribution in [3.05, 3.63) is 16.0 Å². The van der Waals surface area contributed by atoms with E-state index in [-0.39, 0.29) is 36.0 Å².